The molecule has 1 aromatic rings. The first kappa shape index (κ1) is 36.6. The molecule has 1 amide bonds. The summed E-state index contributed by atoms with van der Waals surface area (Å²) in [5, 5.41) is 6.67. The van der Waals surface area contributed by atoms with Crippen LogP contribution in [0.3, 0.4) is 0 Å². The number of aryl methyl sites for hydroxylation is 1. The molecule has 7 nitrogen and oxygen atoms in total. The van der Waals surface area contributed by atoms with Gasteiger partial charge in [-0.2, -0.15) is 0 Å². The van der Waals surface area contributed by atoms with Crippen LogP contribution in [0, 0.1) is 12.7 Å². The Morgan fingerprint density at radius 1 is 1.27 bits per heavy atom. The second kappa shape index (κ2) is 17.6. The van der Waals surface area contributed by atoms with Crippen LogP contribution in [-0.2, 0) is 4.74 Å². The molecular weight excluding hydrogens is 553 g/mol. The number of nitrogens with zero attached hydrogens (tertiary/aromatic N) is 3. The highest BCUT2D eigenvalue weighted by Gasteiger charge is 2.21. The number of carbonyl (C=O) groups is 1. The van der Waals surface area contributed by atoms with Crippen molar-refractivity contribution in [3.63, 3.8) is 0 Å². The topological polar surface area (TPSA) is 60.1 Å². The maximum Gasteiger partial charge on any atom is 0.253 e. The summed E-state index contributed by atoms with van der Waals surface area (Å²) in [5.41, 5.74) is 7.34. The molecule has 8 heteroatoms. The van der Waals surface area contributed by atoms with E-state index >= 15 is 4.39 Å². The van der Waals surface area contributed by atoms with E-state index in [0.717, 1.165) is 48.6 Å². The predicted molar refractivity (Wildman–Crippen MR) is 183 cm³/mol. The monoisotopic (exact) mass is 607 g/mol. The number of amides is 1. The van der Waals surface area contributed by atoms with Crippen molar-refractivity contribution in [2.45, 2.75) is 60.1 Å². The van der Waals surface area contributed by atoms with Gasteiger partial charge >= 0.3 is 0 Å². The fourth-order valence-corrected chi connectivity index (χ4v) is 5.23. The summed E-state index contributed by atoms with van der Waals surface area (Å²) in [6.07, 6.45) is 15.4. The summed E-state index contributed by atoms with van der Waals surface area (Å²) in [6, 6.07) is 3.38. The van der Waals surface area contributed by atoms with Crippen molar-refractivity contribution in [2.75, 3.05) is 54.9 Å². The third-order valence-corrected chi connectivity index (χ3v) is 7.85. The van der Waals surface area contributed by atoms with Gasteiger partial charge in [0, 0.05) is 89.9 Å². The molecule has 2 heterocycles. The normalized spacial score (nSPS) is 18.6. The van der Waals surface area contributed by atoms with Gasteiger partial charge in [0.2, 0.25) is 0 Å². The Hall–Kier alpha value is -3.62. The van der Waals surface area contributed by atoms with Gasteiger partial charge < -0.3 is 25.2 Å². The summed E-state index contributed by atoms with van der Waals surface area (Å²) in [7, 11) is 9.04. The summed E-state index contributed by atoms with van der Waals surface area (Å²) in [5.74, 6) is -0.518. The lowest BCUT2D eigenvalue weighted by molar-refractivity contribution is 0.0827. The fraction of sp³-hybridized carbons (Fsp3) is 0.472. The van der Waals surface area contributed by atoms with Crippen LogP contribution in [0.15, 0.2) is 77.5 Å². The SMILES string of the molecule is CC.CNC(/C=C\NC1=C(/C=C(\C)CN2CC=C(c3c(C)cc(C(=O)N(C)C)cc3F)CC2)C(C)N(C)C=C1)=C/C(C)OC. The number of ether oxygens (including phenoxy) is 1. The number of rotatable bonds is 11. The first-order valence-electron chi connectivity index (χ1n) is 15.6. The Kier molecular flexibility index (Phi) is 14.6. The van der Waals surface area contributed by atoms with Gasteiger partial charge in [-0.1, -0.05) is 31.6 Å². The van der Waals surface area contributed by atoms with Crippen molar-refractivity contribution in [3.05, 3.63) is 100.0 Å². The van der Waals surface area contributed by atoms with Crippen molar-refractivity contribution in [2.24, 2.45) is 0 Å². The van der Waals surface area contributed by atoms with Crippen LogP contribution in [0.25, 0.3) is 5.57 Å². The van der Waals surface area contributed by atoms with Gasteiger partial charge in [-0.05, 0) is 81.2 Å². The molecule has 44 heavy (non-hydrogen) atoms. The Morgan fingerprint density at radius 3 is 2.55 bits per heavy atom. The quantitative estimate of drug-likeness (QED) is 0.291. The minimum Gasteiger partial charge on any atom is -0.388 e. The number of halogens is 1. The van der Waals surface area contributed by atoms with E-state index in [0.29, 0.717) is 11.1 Å². The number of carbonyl (C=O) groups excluding carboxylic acids is 1. The minimum absolute atomic E-state index is 0.0174. The smallest absolute Gasteiger partial charge is 0.253 e. The van der Waals surface area contributed by atoms with Crippen molar-refractivity contribution in [1.29, 1.82) is 0 Å². The molecule has 2 aliphatic rings. The highest BCUT2D eigenvalue weighted by molar-refractivity contribution is 5.94. The van der Waals surface area contributed by atoms with Gasteiger partial charge in [0.15, 0.2) is 0 Å². The second-order valence-electron chi connectivity index (χ2n) is 11.4. The van der Waals surface area contributed by atoms with Crippen LogP contribution in [0.4, 0.5) is 4.39 Å². The Balaban J connectivity index is 0.00000330. The van der Waals surface area contributed by atoms with E-state index in [4.69, 9.17) is 4.74 Å². The number of likely N-dealkylation sites (N-methyl/N-ethyl adjacent to an activating group) is 2. The average Bonchev–Trinajstić information content (AvgIpc) is 3.00. The number of methoxy groups -OCH3 is 1. The zero-order chi connectivity index (χ0) is 33.0. The van der Waals surface area contributed by atoms with Crippen molar-refractivity contribution >= 4 is 11.5 Å². The molecule has 3 rings (SSSR count). The summed E-state index contributed by atoms with van der Waals surface area (Å²) in [6.45, 7) is 14.7. The highest BCUT2D eigenvalue weighted by atomic mass is 19.1. The molecule has 0 saturated heterocycles. The summed E-state index contributed by atoms with van der Waals surface area (Å²) in [4.78, 5) is 18.4. The number of nitrogens with one attached hydrogen (secondary N) is 2. The lowest BCUT2D eigenvalue weighted by Crippen LogP contribution is -2.32. The fourth-order valence-electron chi connectivity index (χ4n) is 5.23. The van der Waals surface area contributed by atoms with E-state index < -0.39 is 0 Å². The third kappa shape index (κ3) is 9.96. The Morgan fingerprint density at radius 2 is 1.98 bits per heavy atom. The Bertz CT molecular complexity index is 1300. The molecular formula is C36H54FN5O2. The van der Waals surface area contributed by atoms with E-state index in [1.54, 1.807) is 27.3 Å². The lowest BCUT2D eigenvalue weighted by atomic mass is 9.93. The van der Waals surface area contributed by atoms with Crippen molar-refractivity contribution < 1.29 is 13.9 Å². The second-order valence-corrected chi connectivity index (χ2v) is 11.4. The predicted octanol–water partition coefficient (Wildman–Crippen LogP) is 6.24. The molecule has 0 radical (unpaired) electrons. The molecule has 0 spiro atoms. The van der Waals surface area contributed by atoms with Crippen LogP contribution in [-0.4, -0.2) is 87.7 Å². The molecule has 2 N–H and O–H groups in total. The van der Waals surface area contributed by atoms with Crippen LogP contribution in [0.2, 0.25) is 0 Å². The largest absolute Gasteiger partial charge is 0.388 e. The van der Waals surface area contributed by atoms with E-state index in [-0.39, 0.29) is 23.9 Å². The van der Waals surface area contributed by atoms with Gasteiger partial charge in [-0.25, -0.2) is 4.39 Å². The molecule has 0 saturated carbocycles. The molecule has 0 bridgehead atoms. The van der Waals surface area contributed by atoms with Crippen LogP contribution >= 0.6 is 0 Å². The number of hydrogen-bond acceptors (Lipinski definition) is 6. The number of benzene rings is 1. The molecule has 0 aliphatic carbocycles. The van der Waals surface area contributed by atoms with Crippen LogP contribution in [0.1, 0.15) is 62.5 Å². The van der Waals surface area contributed by atoms with E-state index in [9.17, 15) is 4.79 Å². The van der Waals surface area contributed by atoms with Gasteiger partial charge in [0.25, 0.3) is 5.91 Å². The first-order valence-corrected chi connectivity index (χ1v) is 15.6. The average molecular weight is 608 g/mol. The molecule has 2 unspecified atom stereocenters. The maximum atomic E-state index is 15.1. The molecule has 0 aromatic heterocycles. The number of allylic oxidation sites excluding steroid dienone is 2. The van der Waals surface area contributed by atoms with Crippen molar-refractivity contribution in [1.82, 2.24) is 25.3 Å². The van der Waals surface area contributed by atoms with E-state index in [1.165, 1.54) is 22.1 Å². The summed E-state index contributed by atoms with van der Waals surface area (Å²) >= 11 is 0. The van der Waals surface area contributed by atoms with Gasteiger partial charge in [0.1, 0.15) is 5.82 Å². The lowest BCUT2D eigenvalue weighted by Gasteiger charge is -2.31. The van der Waals surface area contributed by atoms with E-state index in [1.807, 2.05) is 53.1 Å². The zero-order valence-corrected chi connectivity index (χ0v) is 28.7. The molecule has 2 atom stereocenters. The molecule has 0 fully saturated rings. The zero-order valence-electron chi connectivity index (χ0n) is 28.7. The first-order chi connectivity index (χ1) is 20.9. The Labute approximate surface area is 265 Å². The van der Waals surface area contributed by atoms with Crippen LogP contribution < -0.4 is 10.6 Å². The van der Waals surface area contributed by atoms with E-state index in [2.05, 4.69) is 65.8 Å². The van der Waals surface area contributed by atoms with Crippen LogP contribution in [0.5, 0.6) is 0 Å². The van der Waals surface area contributed by atoms with Gasteiger partial charge in [0.05, 0.1) is 12.1 Å². The van der Waals surface area contributed by atoms with Gasteiger partial charge in [-0.3, -0.25) is 9.69 Å². The van der Waals surface area contributed by atoms with Crippen molar-refractivity contribution in [3.8, 4) is 0 Å². The maximum absolute atomic E-state index is 15.1. The minimum atomic E-state index is -0.328. The number of hydrogen-bond donors (Lipinski definition) is 2. The summed E-state index contributed by atoms with van der Waals surface area (Å²) < 4.78 is 20.5. The molecule has 2 aliphatic heterocycles. The molecule has 242 valence electrons. The third-order valence-electron chi connectivity index (χ3n) is 7.85. The highest BCUT2D eigenvalue weighted by Crippen LogP contribution is 2.30. The molecule has 1 aromatic carbocycles. The van der Waals surface area contributed by atoms with Gasteiger partial charge in [-0.15, -0.1) is 0 Å². The standard InChI is InChI=1S/C34H48FN5O2.C2H6/c1-23(18-30-26(4)39(8)15-13-32(30)37-14-10-29(36-5)20-25(3)42-9)22-40-16-11-27(12-17-40)33-24(2)19-28(21-31(33)35)34(41)38(6)7;1-2/h10-11,13-15,18-21,25-26,36-37H,12,16-17,22H2,1-9H3;1-2H3/b14-10-,23-18+,29-20+;.